The van der Waals surface area contributed by atoms with Crippen LogP contribution in [0.3, 0.4) is 0 Å². The number of hydrogen-bond acceptors (Lipinski definition) is 3. The van der Waals surface area contributed by atoms with Gasteiger partial charge in [0.1, 0.15) is 6.10 Å². The van der Waals surface area contributed by atoms with Gasteiger partial charge < -0.3 is 4.74 Å². The van der Waals surface area contributed by atoms with E-state index in [0.29, 0.717) is 5.92 Å². The number of carbonyl (C=O) groups excluding carboxylic acids is 1. The molecule has 0 saturated carbocycles. The molecule has 3 aliphatic rings. The van der Waals surface area contributed by atoms with Crippen molar-refractivity contribution in [2.24, 2.45) is 5.92 Å². The van der Waals surface area contributed by atoms with Gasteiger partial charge >= 0.3 is 5.97 Å². The normalized spacial score (nSPS) is 30.9. The number of esters is 1. The second-order valence-electron chi connectivity index (χ2n) is 5.75. The monoisotopic (exact) mass is 259 g/mol. The van der Waals surface area contributed by atoms with Gasteiger partial charge in [-0.3, -0.25) is 9.69 Å². The highest BCUT2D eigenvalue weighted by Gasteiger charge is 2.37. The van der Waals surface area contributed by atoms with E-state index < -0.39 is 0 Å². The van der Waals surface area contributed by atoms with Crippen molar-refractivity contribution in [2.75, 3.05) is 19.6 Å². The Hall–Kier alpha value is -1.35. The fourth-order valence-electron chi connectivity index (χ4n) is 3.17. The molecule has 3 aliphatic heterocycles. The zero-order chi connectivity index (χ0) is 13.2. The van der Waals surface area contributed by atoms with Gasteiger partial charge in [0, 0.05) is 6.54 Å². The van der Waals surface area contributed by atoms with E-state index in [1.807, 2.05) is 37.3 Å². The average molecular weight is 259 g/mol. The average Bonchev–Trinajstić information content (AvgIpc) is 2.48. The van der Waals surface area contributed by atoms with Gasteiger partial charge in [0.05, 0.1) is 5.92 Å². The second kappa shape index (κ2) is 5.33. The summed E-state index contributed by atoms with van der Waals surface area (Å²) in [4.78, 5) is 14.7. The summed E-state index contributed by atoms with van der Waals surface area (Å²) >= 11 is 0. The molecule has 3 fully saturated rings. The molecule has 3 heteroatoms. The van der Waals surface area contributed by atoms with E-state index in [1.54, 1.807) is 0 Å². The van der Waals surface area contributed by atoms with Gasteiger partial charge in [-0.05, 0) is 44.3 Å². The number of fused-ring (bicyclic) bond motifs is 3. The minimum atomic E-state index is -0.170. The standard InChI is InChI=1S/C16H21NO2/c1-12(13-5-3-2-4-6-13)16(18)19-15-11-17-9-7-14(15)8-10-17/h2-6,12,14-15H,7-11H2,1H3/t12?,15-/m0/s1. The molecule has 4 rings (SSSR count). The molecule has 1 aromatic rings. The number of piperidine rings is 3. The van der Waals surface area contributed by atoms with Crippen LogP contribution in [0.4, 0.5) is 0 Å². The van der Waals surface area contributed by atoms with E-state index in [9.17, 15) is 4.79 Å². The van der Waals surface area contributed by atoms with E-state index in [1.165, 1.54) is 25.9 Å². The molecular weight excluding hydrogens is 238 g/mol. The Labute approximate surface area is 114 Å². The topological polar surface area (TPSA) is 29.5 Å². The van der Waals surface area contributed by atoms with Crippen molar-refractivity contribution in [1.29, 1.82) is 0 Å². The van der Waals surface area contributed by atoms with Crippen LogP contribution in [-0.2, 0) is 9.53 Å². The van der Waals surface area contributed by atoms with Crippen LogP contribution in [0.2, 0.25) is 0 Å². The van der Waals surface area contributed by atoms with Gasteiger partial charge in [-0.2, -0.15) is 0 Å². The van der Waals surface area contributed by atoms with Crippen LogP contribution < -0.4 is 0 Å². The molecule has 2 atom stereocenters. The van der Waals surface area contributed by atoms with Crippen molar-refractivity contribution in [1.82, 2.24) is 4.90 Å². The van der Waals surface area contributed by atoms with E-state index in [-0.39, 0.29) is 18.0 Å². The molecule has 1 aromatic carbocycles. The third-order valence-corrected chi connectivity index (χ3v) is 4.52. The number of rotatable bonds is 3. The Kier molecular flexibility index (Phi) is 3.56. The minimum absolute atomic E-state index is 0.0788. The first-order valence-electron chi connectivity index (χ1n) is 7.22. The first-order valence-corrected chi connectivity index (χ1v) is 7.22. The van der Waals surface area contributed by atoms with Gasteiger partial charge in [-0.1, -0.05) is 30.3 Å². The van der Waals surface area contributed by atoms with Crippen molar-refractivity contribution in [3.8, 4) is 0 Å². The van der Waals surface area contributed by atoms with Crippen LogP contribution in [0.1, 0.15) is 31.2 Å². The van der Waals surface area contributed by atoms with Crippen molar-refractivity contribution < 1.29 is 9.53 Å². The minimum Gasteiger partial charge on any atom is -0.460 e. The molecule has 0 radical (unpaired) electrons. The zero-order valence-corrected chi connectivity index (χ0v) is 11.4. The molecule has 102 valence electrons. The maximum atomic E-state index is 12.2. The molecule has 3 heterocycles. The number of ether oxygens (including phenoxy) is 1. The Morgan fingerprint density at radius 3 is 2.53 bits per heavy atom. The number of nitrogens with zero attached hydrogens (tertiary/aromatic N) is 1. The summed E-state index contributed by atoms with van der Waals surface area (Å²) in [6.45, 7) is 5.21. The van der Waals surface area contributed by atoms with Crippen molar-refractivity contribution in [2.45, 2.75) is 31.8 Å². The van der Waals surface area contributed by atoms with Crippen LogP contribution in [0.25, 0.3) is 0 Å². The maximum absolute atomic E-state index is 12.2. The third-order valence-electron chi connectivity index (χ3n) is 4.52. The van der Waals surface area contributed by atoms with Crippen molar-refractivity contribution in [3.63, 3.8) is 0 Å². The largest absolute Gasteiger partial charge is 0.460 e. The molecule has 3 saturated heterocycles. The van der Waals surface area contributed by atoms with Crippen LogP contribution >= 0.6 is 0 Å². The number of benzene rings is 1. The molecule has 0 aromatic heterocycles. The molecule has 0 N–H and O–H groups in total. The number of hydrogen-bond donors (Lipinski definition) is 0. The lowest BCUT2D eigenvalue weighted by Gasteiger charge is -2.44. The van der Waals surface area contributed by atoms with Crippen LogP contribution in [0.15, 0.2) is 30.3 Å². The molecule has 0 spiro atoms. The zero-order valence-electron chi connectivity index (χ0n) is 11.4. The quantitative estimate of drug-likeness (QED) is 0.781. The molecule has 3 nitrogen and oxygen atoms in total. The highest BCUT2D eigenvalue weighted by Crippen LogP contribution is 2.30. The van der Waals surface area contributed by atoms with Gasteiger partial charge in [0.2, 0.25) is 0 Å². The fraction of sp³-hybridized carbons (Fsp3) is 0.562. The summed E-state index contributed by atoms with van der Waals surface area (Å²) in [5.74, 6) is 0.332. The van der Waals surface area contributed by atoms with Gasteiger partial charge in [0.15, 0.2) is 0 Å². The molecule has 1 unspecified atom stereocenters. The lowest BCUT2D eigenvalue weighted by molar-refractivity contribution is -0.160. The third kappa shape index (κ3) is 2.66. The van der Waals surface area contributed by atoms with Crippen molar-refractivity contribution >= 4 is 5.97 Å². The van der Waals surface area contributed by atoms with E-state index in [2.05, 4.69) is 4.90 Å². The Bertz CT molecular complexity index is 437. The summed E-state index contributed by atoms with van der Waals surface area (Å²) in [5.41, 5.74) is 1.04. The second-order valence-corrected chi connectivity index (χ2v) is 5.75. The molecule has 2 bridgehead atoms. The summed E-state index contributed by atoms with van der Waals surface area (Å²) < 4.78 is 5.76. The molecular formula is C16H21NO2. The van der Waals surface area contributed by atoms with Crippen LogP contribution in [-0.4, -0.2) is 36.6 Å². The Balaban J connectivity index is 1.62. The maximum Gasteiger partial charge on any atom is 0.313 e. The summed E-state index contributed by atoms with van der Waals surface area (Å²) in [6.07, 6.45) is 2.47. The van der Waals surface area contributed by atoms with Gasteiger partial charge in [0.25, 0.3) is 0 Å². The van der Waals surface area contributed by atoms with Gasteiger partial charge in [-0.15, -0.1) is 0 Å². The Morgan fingerprint density at radius 1 is 1.26 bits per heavy atom. The van der Waals surface area contributed by atoms with E-state index in [0.717, 1.165) is 12.1 Å². The molecule has 0 amide bonds. The molecule has 19 heavy (non-hydrogen) atoms. The van der Waals surface area contributed by atoms with Crippen LogP contribution in [0.5, 0.6) is 0 Å². The predicted octanol–water partition coefficient (Wildman–Crippen LogP) is 2.43. The summed E-state index contributed by atoms with van der Waals surface area (Å²) in [5, 5.41) is 0. The predicted molar refractivity (Wildman–Crippen MR) is 73.9 cm³/mol. The van der Waals surface area contributed by atoms with Crippen LogP contribution in [0, 0.1) is 5.92 Å². The van der Waals surface area contributed by atoms with Crippen molar-refractivity contribution in [3.05, 3.63) is 35.9 Å². The summed E-state index contributed by atoms with van der Waals surface area (Å²) in [6, 6.07) is 9.88. The smallest absolute Gasteiger partial charge is 0.313 e. The number of carbonyl (C=O) groups is 1. The summed E-state index contributed by atoms with van der Waals surface area (Å²) in [7, 11) is 0. The van der Waals surface area contributed by atoms with E-state index >= 15 is 0 Å². The first kappa shape index (κ1) is 12.7. The Morgan fingerprint density at radius 2 is 1.95 bits per heavy atom. The lowest BCUT2D eigenvalue weighted by Crippen LogP contribution is -2.52. The first-order chi connectivity index (χ1) is 9.24. The highest BCUT2D eigenvalue weighted by atomic mass is 16.5. The molecule has 0 aliphatic carbocycles. The van der Waals surface area contributed by atoms with E-state index in [4.69, 9.17) is 4.74 Å². The SMILES string of the molecule is CC(C(=O)O[C@H]1CN2CCC1CC2)c1ccccc1. The lowest BCUT2D eigenvalue weighted by atomic mass is 9.86. The highest BCUT2D eigenvalue weighted by molar-refractivity contribution is 5.77. The fourth-order valence-corrected chi connectivity index (χ4v) is 3.17. The van der Waals surface area contributed by atoms with Gasteiger partial charge in [-0.25, -0.2) is 0 Å².